The molecule has 3 heterocycles. The Balaban J connectivity index is 2.02. The Morgan fingerprint density at radius 2 is 2.44 bits per heavy atom. The van der Waals surface area contributed by atoms with Crippen molar-refractivity contribution in [1.82, 2.24) is 19.7 Å². The lowest BCUT2D eigenvalue weighted by atomic mass is 10.2. The summed E-state index contributed by atoms with van der Waals surface area (Å²) >= 11 is 0. The Hall–Kier alpha value is -1.95. The van der Waals surface area contributed by atoms with Crippen LogP contribution in [0.25, 0.3) is 11.3 Å². The van der Waals surface area contributed by atoms with E-state index in [4.69, 9.17) is 4.74 Å². The first-order chi connectivity index (χ1) is 8.72. The summed E-state index contributed by atoms with van der Waals surface area (Å²) in [6, 6.07) is 1.48. The summed E-state index contributed by atoms with van der Waals surface area (Å²) in [4.78, 5) is 18.9. The third-order valence-electron chi connectivity index (χ3n) is 3.00. The molecule has 0 bridgehead atoms. The fourth-order valence-corrected chi connectivity index (χ4v) is 2.12. The van der Waals surface area contributed by atoms with E-state index in [0.29, 0.717) is 11.5 Å². The van der Waals surface area contributed by atoms with Crippen LogP contribution < -0.4 is 5.56 Å². The summed E-state index contributed by atoms with van der Waals surface area (Å²) in [6.45, 7) is 0.728. The van der Waals surface area contributed by atoms with Crippen molar-refractivity contribution < 1.29 is 4.74 Å². The largest absolute Gasteiger partial charge is 0.370 e. The van der Waals surface area contributed by atoms with Gasteiger partial charge in [0, 0.05) is 31.5 Å². The maximum atomic E-state index is 11.7. The topological polar surface area (TPSA) is 72.8 Å². The molecule has 1 aliphatic heterocycles. The molecule has 0 aromatic carbocycles. The highest BCUT2D eigenvalue weighted by atomic mass is 16.5. The van der Waals surface area contributed by atoms with Gasteiger partial charge in [-0.15, -0.1) is 0 Å². The van der Waals surface area contributed by atoms with Gasteiger partial charge in [-0.1, -0.05) is 0 Å². The molecular formula is C12H14N4O2. The van der Waals surface area contributed by atoms with Gasteiger partial charge in [0.2, 0.25) is 0 Å². The van der Waals surface area contributed by atoms with Crippen LogP contribution in [0.15, 0.2) is 23.3 Å². The summed E-state index contributed by atoms with van der Waals surface area (Å²) in [5.41, 5.74) is 1.31. The summed E-state index contributed by atoms with van der Waals surface area (Å²) in [5.74, 6) is 0.610. The van der Waals surface area contributed by atoms with Gasteiger partial charge in [-0.2, -0.15) is 5.10 Å². The molecule has 1 unspecified atom stereocenters. The monoisotopic (exact) mass is 246 g/mol. The van der Waals surface area contributed by atoms with Crippen molar-refractivity contribution >= 4 is 0 Å². The number of nitrogens with zero attached hydrogens (tertiary/aromatic N) is 3. The molecule has 2 aromatic rings. The number of ether oxygens (including phenoxy) is 1. The number of hydrogen-bond donors (Lipinski definition) is 1. The normalized spacial score (nSPS) is 19.3. The maximum absolute atomic E-state index is 11.7. The van der Waals surface area contributed by atoms with Crippen LogP contribution >= 0.6 is 0 Å². The Kier molecular flexibility index (Phi) is 2.71. The van der Waals surface area contributed by atoms with Gasteiger partial charge in [-0.3, -0.25) is 9.48 Å². The third kappa shape index (κ3) is 2.06. The van der Waals surface area contributed by atoms with Crippen LogP contribution in [0.5, 0.6) is 0 Å². The predicted octanol–water partition coefficient (Wildman–Crippen LogP) is 1.02. The number of aryl methyl sites for hydroxylation is 1. The summed E-state index contributed by atoms with van der Waals surface area (Å²) in [7, 11) is 1.83. The van der Waals surface area contributed by atoms with E-state index in [1.165, 1.54) is 6.07 Å². The van der Waals surface area contributed by atoms with Crippen molar-refractivity contribution in [3.05, 3.63) is 34.6 Å². The molecule has 0 spiro atoms. The lowest BCUT2D eigenvalue weighted by molar-refractivity contribution is 0.105. The van der Waals surface area contributed by atoms with Crippen molar-refractivity contribution in [1.29, 1.82) is 0 Å². The molecule has 2 aromatic heterocycles. The van der Waals surface area contributed by atoms with Crippen molar-refractivity contribution in [2.75, 3.05) is 6.61 Å². The second kappa shape index (κ2) is 4.38. The van der Waals surface area contributed by atoms with E-state index in [-0.39, 0.29) is 11.7 Å². The molecule has 3 rings (SSSR count). The molecule has 0 amide bonds. The first-order valence-corrected chi connectivity index (χ1v) is 5.94. The second-order valence-corrected chi connectivity index (χ2v) is 4.42. The minimum absolute atomic E-state index is 0.0886. The zero-order valence-corrected chi connectivity index (χ0v) is 10.1. The second-order valence-electron chi connectivity index (χ2n) is 4.42. The van der Waals surface area contributed by atoms with E-state index in [0.717, 1.165) is 25.0 Å². The van der Waals surface area contributed by atoms with E-state index in [9.17, 15) is 4.79 Å². The highest BCUT2D eigenvalue weighted by Gasteiger charge is 2.20. The lowest BCUT2D eigenvalue weighted by Crippen LogP contribution is -2.14. The van der Waals surface area contributed by atoms with Gasteiger partial charge in [-0.05, 0) is 12.8 Å². The maximum Gasteiger partial charge on any atom is 0.251 e. The predicted molar refractivity (Wildman–Crippen MR) is 65.0 cm³/mol. The van der Waals surface area contributed by atoms with Crippen LogP contribution in [0, 0.1) is 0 Å². The molecule has 1 fully saturated rings. The molecule has 94 valence electrons. The van der Waals surface area contributed by atoms with Gasteiger partial charge < -0.3 is 9.72 Å². The van der Waals surface area contributed by atoms with Gasteiger partial charge in [0.1, 0.15) is 11.9 Å². The molecule has 1 atom stereocenters. The highest BCUT2D eigenvalue weighted by Crippen LogP contribution is 2.26. The number of nitrogens with one attached hydrogen (secondary N) is 1. The molecule has 0 radical (unpaired) electrons. The first-order valence-electron chi connectivity index (χ1n) is 5.94. The van der Waals surface area contributed by atoms with E-state index in [1.54, 1.807) is 10.9 Å². The minimum Gasteiger partial charge on any atom is -0.370 e. The summed E-state index contributed by atoms with van der Waals surface area (Å²) in [5, 5.41) is 4.08. The van der Waals surface area contributed by atoms with Crippen LogP contribution in [-0.4, -0.2) is 26.4 Å². The zero-order valence-electron chi connectivity index (χ0n) is 10.1. The van der Waals surface area contributed by atoms with E-state index < -0.39 is 0 Å². The minimum atomic E-state index is -0.158. The number of aromatic amines is 1. The van der Waals surface area contributed by atoms with Gasteiger partial charge in [0.25, 0.3) is 5.56 Å². The summed E-state index contributed by atoms with van der Waals surface area (Å²) < 4.78 is 7.22. The van der Waals surface area contributed by atoms with Gasteiger partial charge in [0.05, 0.1) is 11.9 Å². The van der Waals surface area contributed by atoms with Crippen LogP contribution in [-0.2, 0) is 11.8 Å². The fraction of sp³-hybridized carbons (Fsp3) is 0.417. The van der Waals surface area contributed by atoms with E-state index in [2.05, 4.69) is 15.1 Å². The van der Waals surface area contributed by atoms with Crippen molar-refractivity contribution in [3.63, 3.8) is 0 Å². The van der Waals surface area contributed by atoms with E-state index in [1.807, 2.05) is 13.2 Å². The van der Waals surface area contributed by atoms with E-state index >= 15 is 0 Å². The molecule has 18 heavy (non-hydrogen) atoms. The molecule has 1 aliphatic rings. The van der Waals surface area contributed by atoms with Gasteiger partial charge >= 0.3 is 0 Å². The average Bonchev–Trinajstić information content (AvgIpc) is 2.98. The number of aromatic nitrogens is 4. The fourth-order valence-electron chi connectivity index (χ4n) is 2.12. The lowest BCUT2D eigenvalue weighted by Gasteiger charge is -2.08. The van der Waals surface area contributed by atoms with Crippen LogP contribution in [0.2, 0.25) is 0 Å². The first kappa shape index (κ1) is 11.2. The van der Waals surface area contributed by atoms with Crippen molar-refractivity contribution in [2.45, 2.75) is 18.9 Å². The highest BCUT2D eigenvalue weighted by molar-refractivity contribution is 5.56. The Bertz CT molecular complexity index is 611. The van der Waals surface area contributed by atoms with Gasteiger partial charge in [-0.25, -0.2) is 4.98 Å². The standard InChI is InChI=1S/C12H14N4O2/c1-16-7-8(6-13-16)9-5-11(17)15-12(14-9)10-3-2-4-18-10/h5-7,10H,2-4H2,1H3,(H,14,15,17). The smallest absolute Gasteiger partial charge is 0.251 e. The SMILES string of the molecule is Cn1cc(-c2cc(=O)[nH]c(C3CCCO3)n2)cn1. The van der Waals surface area contributed by atoms with Crippen LogP contribution in [0.1, 0.15) is 24.8 Å². The molecular weight excluding hydrogens is 232 g/mol. The van der Waals surface area contributed by atoms with Crippen LogP contribution in [0.4, 0.5) is 0 Å². The Labute approximate surface area is 104 Å². The number of hydrogen-bond acceptors (Lipinski definition) is 4. The molecule has 0 aliphatic carbocycles. The Morgan fingerprint density at radius 1 is 1.56 bits per heavy atom. The average molecular weight is 246 g/mol. The molecule has 1 N–H and O–H groups in total. The Morgan fingerprint density at radius 3 is 3.11 bits per heavy atom. The van der Waals surface area contributed by atoms with Crippen molar-refractivity contribution in [2.24, 2.45) is 7.05 Å². The summed E-state index contributed by atoms with van der Waals surface area (Å²) in [6.07, 6.45) is 5.35. The third-order valence-corrected chi connectivity index (χ3v) is 3.00. The van der Waals surface area contributed by atoms with Gasteiger partial charge in [0.15, 0.2) is 0 Å². The molecule has 1 saturated heterocycles. The van der Waals surface area contributed by atoms with Crippen LogP contribution in [0.3, 0.4) is 0 Å². The zero-order chi connectivity index (χ0) is 12.5. The molecule has 0 saturated carbocycles. The quantitative estimate of drug-likeness (QED) is 0.858. The molecule has 6 nitrogen and oxygen atoms in total. The van der Waals surface area contributed by atoms with Crippen molar-refractivity contribution in [3.8, 4) is 11.3 Å². The molecule has 6 heteroatoms. The number of rotatable bonds is 2. The number of H-pyrrole nitrogens is 1.